The van der Waals surface area contributed by atoms with Gasteiger partial charge in [0.25, 0.3) is 0 Å². The molecular weight excluding hydrogens is 198 g/mol. The highest BCUT2D eigenvalue weighted by molar-refractivity contribution is 5.24. The van der Waals surface area contributed by atoms with E-state index in [-0.39, 0.29) is 12.0 Å². The Labute approximate surface area is 86.5 Å². The molecule has 2 nitrogen and oxygen atoms in total. The highest BCUT2D eigenvalue weighted by Crippen LogP contribution is 2.28. The molecule has 0 saturated carbocycles. The average molecular weight is 208 g/mol. The van der Waals surface area contributed by atoms with Crippen LogP contribution in [-0.2, 0) is 0 Å². The van der Waals surface area contributed by atoms with Gasteiger partial charge in [0.05, 0.1) is 12.0 Å². The van der Waals surface area contributed by atoms with E-state index in [1.54, 1.807) is 0 Å². The van der Waals surface area contributed by atoms with Gasteiger partial charge in [0.1, 0.15) is 11.6 Å². The Kier molecular flexibility index (Phi) is 2.65. The first kappa shape index (κ1) is 10.1. The molecule has 1 heterocycles. The molecule has 1 unspecified atom stereocenters. The van der Waals surface area contributed by atoms with Crippen molar-refractivity contribution in [3.05, 3.63) is 35.4 Å². The van der Waals surface area contributed by atoms with Crippen molar-refractivity contribution < 1.29 is 8.78 Å². The minimum absolute atomic E-state index is 0.113. The third-order valence-corrected chi connectivity index (χ3v) is 2.65. The Morgan fingerprint density at radius 1 is 1.40 bits per heavy atom. The van der Waals surface area contributed by atoms with Crippen molar-refractivity contribution in [3.63, 3.8) is 0 Å². The minimum Gasteiger partial charge on any atom is -0.308 e. The largest absolute Gasteiger partial charge is 0.308 e. The Morgan fingerprint density at radius 2 is 2.20 bits per heavy atom. The van der Waals surface area contributed by atoms with Crippen LogP contribution in [0.1, 0.15) is 18.0 Å². The van der Waals surface area contributed by atoms with Crippen molar-refractivity contribution >= 4 is 0 Å². The van der Waals surface area contributed by atoms with E-state index in [0.717, 1.165) is 12.1 Å². The van der Waals surface area contributed by atoms with Gasteiger partial charge < -0.3 is 5.32 Å². The predicted octanol–water partition coefficient (Wildman–Crippen LogP) is 2.14. The monoisotopic (exact) mass is 208 g/mol. The molecule has 1 aliphatic rings. The highest BCUT2D eigenvalue weighted by atomic mass is 19.1. The molecule has 1 fully saturated rings. The van der Waals surface area contributed by atoms with Crippen LogP contribution >= 0.6 is 0 Å². The molecule has 4 heteroatoms. The van der Waals surface area contributed by atoms with E-state index in [0.29, 0.717) is 18.5 Å². The third kappa shape index (κ3) is 1.97. The summed E-state index contributed by atoms with van der Waals surface area (Å²) in [5, 5.41) is 11.7. The second-order valence-electron chi connectivity index (χ2n) is 3.69. The normalized spacial score (nSPS) is 25.1. The zero-order valence-corrected chi connectivity index (χ0v) is 8.00. The van der Waals surface area contributed by atoms with E-state index in [2.05, 4.69) is 11.4 Å². The number of rotatable bonds is 1. The summed E-state index contributed by atoms with van der Waals surface area (Å²) < 4.78 is 26.3. The van der Waals surface area contributed by atoms with Crippen LogP contribution in [0.15, 0.2) is 18.2 Å². The van der Waals surface area contributed by atoms with Gasteiger partial charge in [-0.15, -0.1) is 0 Å². The van der Waals surface area contributed by atoms with Crippen LogP contribution in [0.3, 0.4) is 0 Å². The van der Waals surface area contributed by atoms with Crippen LogP contribution in [0.2, 0.25) is 0 Å². The SMILES string of the molecule is N#CC1CN[C@@H](c2cc(F)ccc2F)C1. The van der Waals surface area contributed by atoms with Gasteiger partial charge in [-0.25, -0.2) is 8.78 Å². The molecule has 2 atom stereocenters. The lowest BCUT2D eigenvalue weighted by Crippen LogP contribution is -2.15. The first-order chi connectivity index (χ1) is 7.20. The van der Waals surface area contributed by atoms with Gasteiger partial charge in [-0.1, -0.05) is 0 Å². The number of benzene rings is 1. The van der Waals surface area contributed by atoms with Gasteiger partial charge in [-0.05, 0) is 24.6 Å². The van der Waals surface area contributed by atoms with Crippen LogP contribution in [0.4, 0.5) is 8.78 Å². The topological polar surface area (TPSA) is 35.8 Å². The van der Waals surface area contributed by atoms with E-state index in [9.17, 15) is 8.78 Å². The third-order valence-electron chi connectivity index (χ3n) is 2.65. The highest BCUT2D eigenvalue weighted by Gasteiger charge is 2.27. The summed E-state index contributed by atoms with van der Waals surface area (Å²) in [6.07, 6.45) is 0.539. The zero-order chi connectivity index (χ0) is 10.8. The summed E-state index contributed by atoms with van der Waals surface area (Å²) in [5.74, 6) is -0.987. The molecule has 15 heavy (non-hydrogen) atoms. The molecule has 0 spiro atoms. The maximum Gasteiger partial charge on any atom is 0.128 e. The molecule has 1 aromatic carbocycles. The molecule has 0 bridgehead atoms. The lowest BCUT2D eigenvalue weighted by Gasteiger charge is -2.11. The minimum atomic E-state index is -0.450. The van der Waals surface area contributed by atoms with Gasteiger partial charge in [0.2, 0.25) is 0 Å². The van der Waals surface area contributed by atoms with E-state index >= 15 is 0 Å². The fourth-order valence-electron chi connectivity index (χ4n) is 1.85. The maximum absolute atomic E-state index is 13.4. The van der Waals surface area contributed by atoms with Crippen LogP contribution in [0.25, 0.3) is 0 Å². The van der Waals surface area contributed by atoms with E-state index < -0.39 is 11.6 Å². The Hall–Kier alpha value is -1.47. The van der Waals surface area contributed by atoms with E-state index in [1.807, 2.05) is 0 Å². The van der Waals surface area contributed by atoms with Crippen molar-refractivity contribution in [2.24, 2.45) is 5.92 Å². The number of hydrogen-bond donors (Lipinski definition) is 1. The smallest absolute Gasteiger partial charge is 0.128 e. The van der Waals surface area contributed by atoms with Crippen molar-refractivity contribution in [1.82, 2.24) is 5.32 Å². The molecule has 1 N–H and O–H groups in total. The molecule has 78 valence electrons. The number of hydrogen-bond acceptors (Lipinski definition) is 2. The second kappa shape index (κ2) is 3.95. The first-order valence-electron chi connectivity index (χ1n) is 4.78. The van der Waals surface area contributed by atoms with Gasteiger partial charge in [0.15, 0.2) is 0 Å². The maximum atomic E-state index is 13.4. The van der Waals surface area contributed by atoms with Crippen LogP contribution in [0.5, 0.6) is 0 Å². The summed E-state index contributed by atoms with van der Waals surface area (Å²) in [4.78, 5) is 0. The van der Waals surface area contributed by atoms with Crippen molar-refractivity contribution in [3.8, 4) is 6.07 Å². The summed E-state index contributed by atoms with van der Waals surface area (Å²) in [5.41, 5.74) is 0.313. The van der Waals surface area contributed by atoms with Gasteiger partial charge >= 0.3 is 0 Å². The number of halogens is 2. The van der Waals surface area contributed by atoms with Crippen molar-refractivity contribution in [1.29, 1.82) is 5.26 Å². The summed E-state index contributed by atoms with van der Waals surface area (Å²) >= 11 is 0. The number of nitrogens with one attached hydrogen (secondary N) is 1. The fourth-order valence-corrected chi connectivity index (χ4v) is 1.85. The number of nitriles is 1. The lowest BCUT2D eigenvalue weighted by molar-refractivity contribution is 0.541. The molecular formula is C11H10F2N2. The van der Waals surface area contributed by atoms with Gasteiger partial charge in [0, 0.05) is 18.2 Å². The first-order valence-corrected chi connectivity index (χ1v) is 4.78. The second-order valence-corrected chi connectivity index (χ2v) is 3.69. The summed E-state index contributed by atoms with van der Waals surface area (Å²) in [6.45, 7) is 0.539. The Morgan fingerprint density at radius 3 is 2.87 bits per heavy atom. The van der Waals surface area contributed by atoms with Gasteiger partial charge in [-0.3, -0.25) is 0 Å². The standard InChI is InChI=1S/C11H10F2N2/c12-8-1-2-10(13)9(4-8)11-3-7(5-14)6-15-11/h1-2,4,7,11,15H,3,6H2/t7?,11-/m1/s1. The molecule has 0 amide bonds. The van der Waals surface area contributed by atoms with E-state index in [1.165, 1.54) is 6.07 Å². The van der Waals surface area contributed by atoms with Crippen LogP contribution in [0, 0.1) is 28.9 Å². The molecule has 2 rings (SSSR count). The van der Waals surface area contributed by atoms with Crippen LogP contribution < -0.4 is 5.32 Å². The van der Waals surface area contributed by atoms with Gasteiger partial charge in [-0.2, -0.15) is 5.26 Å². The molecule has 0 aliphatic carbocycles. The molecule has 1 saturated heterocycles. The lowest BCUT2D eigenvalue weighted by atomic mass is 10.0. The summed E-state index contributed by atoms with van der Waals surface area (Å²) in [6, 6.07) is 5.27. The van der Waals surface area contributed by atoms with Crippen molar-refractivity contribution in [2.45, 2.75) is 12.5 Å². The Bertz CT molecular complexity index is 412. The number of nitrogens with zero attached hydrogens (tertiary/aromatic N) is 1. The molecule has 1 aromatic rings. The molecule has 0 aromatic heterocycles. The van der Waals surface area contributed by atoms with Crippen molar-refractivity contribution in [2.75, 3.05) is 6.54 Å². The predicted molar refractivity (Wildman–Crippen MR) is 50.8 cm³/mol. The quantitative estimate of drug-likeness (QED) is 0.767. The fraction of sp³-hybridized carbons (Fsp3) is 0.364. The molecule has 0 radical (unpaired) electrons. The van der Waals surface area contributed by atoms with Crippen LogP contribution in [-0.4, -0.2) is 6.54 Å². The Balaban J connectivity index is 2.24. The van der Waals surface area contributed by atoms with E-state index in [4.69, 9.17) is 5.26 Å². The molecule has 1 aliphatic heterocycles. The summed E-state index contributed by atoms with van der Waals surface area (Å²) in [7, 11) is 0. The zero-order valence-electron chi connectivity index (χ0n) is 8.00. The average Bonchev–Trinajstić information content (AvgIpc) is 2.70.